The Morgan fingerprint density at radius 1 is 1.06 bits per heavy atom. The average molecular weight is 615 g/mol. The topological polar surface area (TPSA) is 86.8 Å². The molecule has 1 fully saturated rings. The highest BCUT2D eigenvalue weighted by molar-refractivity contribution is 9.10. The fraction of sp³-hybridized carbons (Fsp3) is 0.417. The minimum Gasteiger partial charge on any atom is -0.352 e. The van der Waals surface area contributed by atoms with E-state index in [0.717, 1.165) is 46.3 Å². The van der Waals surface area contributed by atoms with Crippen LogP contribution < -0.4 is 9.62 Å². The molecule has 34 heavy (non-hydrogen) atoms. The molecule has 0 aromatic heterocycles. The van der Waals surface area contributed by atoms with Gasteiger partial charge in [-0.25, -0.2) is 8.42 Å². The van der Waals surface area contributed by atoms with Crippen LogP contribution >= 0.6 is 31.9 Å². The summed E-state index contributed by atoms with van der Waals surface area (Å²) in [5.41, 5.74) is 1.20. The first-order chi connectivity index (χ1) is 16.1. The van der Waals surface area contributed by atoms with Crippen LogP contribution in [0.15, 0.2) is 57.5 Å². The van der Waals surface area contributed by atoms with E-state index in [1.165, 1.54) is 4.90 Å². The molecule has 0 radical (unpaired) electrons. The fourth-order valence-electron chi connectivity index (χ4n) is 4.01. The summed E-state index contributed by atoms with van der Waals surface area (Å²) in [5.74, 6) is -0.692. The van der Waals surface area contributed by atoms with E-state index in [9.17, 15) is 18.0 Å². The van der Waals surface area contributed by atoms with Gasteiger partial charge < -0.3 is 10.2 Å². The molecule has 7 nitrogen and oxygen atoms in total. The molecule has 1 aliphatic carbocycles. The van der Waals surface area contributed by atoms with Gasteiger partial charge in [-0.1, -0.05) is 53.0 Å². The number of amides is 2. The highest BCUT2D eigenvalue weighted by atomic mass is 79.9. The van der Waals surface area contributed by atoms with Crippen molar-refractivity contribution in [1.82, 2.24) is 10.2 Å². The third-order valence-corrected chi connectivity index (χ3v) is 8.26. The number of hydrogen-bond acceptors (Lipinski definition) is 4. The molecule has 0 spiro atoms. The van der Waals surface area contributed by atoms with Crippen molar-refractivity contribution >= 4 is 59.4 Å². The number of halogens is 2. The normalized spacial score (nSPS) is 15.1. The van der Waals surface area contributed by atoms with Crippen molar-refractivity contribution in [3.05, 3.63) is 63.0 Å². The molecule has 0 unspecified atom stereocenters. The van der Waals surface area contributed by atoms with Crippen LogP contribution in [0.1, 0.15) is 38.2 Å². The van der Waals surface area contributed by atoms with Gasteiger partial charge in [0, 0.05) is 21.5 Å². The number of sulfonamides is 1. The number of para-hydroxylation sites is 1. The minimum atomic E-state index is -3.76. The monoisotopic (exact) mass is 613 g/mol. The maximum Gasteiger partial charge on any atom is 0.244 e. The third-order valence-electron chi connectivity index (χ3n) is 5.94. The lowest BCUT2D eigenvalue weighted by Gasteiger charge is -2.32. The van der Waals surface area contributed by atoms with E-state index in [2.05, 4.69) is 37.2 Å². The molecular formula is C24H29Br2N3O4S. The van der Waals surface area contributed by atoms with Crippen LogP contribution in [0.5, 0.6) is 0 Å². The standard InChI is InChI=1S/C24H29Br2N3O4S/c1-17(24(31)27-20-7-3-4-8-20)28(15-18-11-13-19(25)14-12-18)23(30)16-29(34(2,32)33)22-10-6-5-9-21(22)26/h5-6,9-14,17,20H,3-4,7-8,15-16H2,1-2H3,(H,27,31)/t17-/m1/s1. The SMILES string of the molecule is C[C@H](C(=O)NC1CCCC1)N(Cc1ccc(Br)cc1)C(=O)CN(c1ccccc1Br)S(C)(=O)=O. The number of nitrogens with zero attached hydrogens (tertiary/aromatic N) is 2. The first-order valence-electron chi connectivity index (χ1n) is 11.1. The van der Waals surface area contributed by atoms with E-state index >= 15 is 0 Å². The van der Waals surface area contributed by atoms with Gasteiger partial charge in [0.2, 0.25) is 21.8 Å². The van der Waals surface area contributed by atoms with E-state index in [4.69, 9.17) is 0 Å². The second-order valence-electron chi connectivity index (χ2n) is 8.54. The van der Waals surface area contributed by atoms with Crippen LogP contribution in [-0.4, -0.2) is 50.0 Å². The Morgan fingerprint density at radius 3 is 2.26 bits per heavy atom. The lowest BCUT2D eigenvalue weighted by Crippen LogP contribution is -2.52. The zero-order chi connectivity index (χ0) is 24.9. The van der Waals surface area contributed by atoms with Crippen LogP contribution in [0.2, 0.25) is 0 Å². The van der Waals surface area contributed by atoms with Gasteiger partial charge in [0.15, 0.2) is 0 Å². The van der Waals surface area contributed by atoms with Crippen LogP contribution in [0.4, 0.5) is 5.69 Å². The molecule has 1 N–H and O–H groups in total. The Morgan fingerprint density at radius 2 is 1.68 bits per heavy atom. The maximum absolute atomic E-state index is 13.6. The van der Waals surface area contributed by atoms with E-state index in [1.807, 2.05) is 24.3 Å². The Hall–Kier alpha value is -1.91. The predicted molar refractivity (Wildman–Crippen MR) is 141 cm³/mol. The average Bonchev–Trinajstić information content (AvgIpc) is 3.29. The summed E-state index contributed by atoms with van der Waals surface area (Å²) in [5, 5.41) is 3.05. The van der Waals surface area contributed by atoms with Crippen LogP contribution in [0.3, 0.4) is 0 Å². The number of anilines is 1. The predicted octanol–water partition coefficient (Wildman–Crippen LogP) is 4.45. The number of carbonyl (C=O) groups is 2. The molecule has 0 aliphatic heterocycles. The lowest BCUT2D eigenvalue weighted by molar-refractivity contribution is -0.139. The van der Waals surface area contributed by atoms with E-state index in [1.54, 1.807) is 31.2 Å². The minimum absolute atomic E-state index is 0.118. The van der Waals surface area contributed by atoms with Crippen molar-refractivity contribution in [2.24, 2.45) is 0 Å². The Labute approximate surface area is 218 Å². The van der Waals surface area contributed by atoms with Crippen molar-refractivity contribution in [1.29, 1.82) is 0 Å². The van der Waals surface area contributed by atoms with E-state index in [0.29, 0.717) is 10.2 Å². The van der Waals surface area contributed by atoms with Gasteiger partial charge in [-0.2, -0.15) is 0 Å². The third kappa shape index (κ3) is 7.05. The smallest absolute Gasteiger partial charge is 0.244 e. The van der Waals surface area contributed by atoms with Crippen LogP contribution in [0.25, 0.3) is 0 Å². The summed E-state index contributed by atoms with van der Waals surface area (Å²) in [6.45, 7) is 1.45. The molecule has 184 valence electrons. The van der Waals surface area contributed by atoms with Crippen molar-refractivity contribution in [3.8, 4) is 0 Å². The highest BCUT2D eigenvalue weighted by Gasteiger charge is 2.31. The molecule has 0 saturated heterocycles. The molecule has 1 atom stereocenters. The Bertz CT molecular complexity index is 1120. The highest BCUT2D eigenvalue weighted by Crippen LogP contribution is 2.28. The number of carbonyl (C=O) groups excluding carboxylic acids is 2. The molecule has 1 saturated carbocycles. The summed E-state index contributed by atoms with van der Waals surface area (Å²) >= 11 is 6.78. The molecule has 0 heterocycles. The van der Waals surface area contributed by atoms with Crippen LogP contribution in [0, 0.1) is 0 Å². The van der Waals surface area contributed by atoms with Gasteiger partial charge in [-0.15, -0.1) is 0 Å². The van der Waals surface area contributed by atoms with Gasteiger partial charge in [0.1, 0.15) is 12.6 Å². The second kappa shape index (κ2) is 11.7. The van der Waals surface area contributed by atoms with E-state index in [-0.39, 0.29) is 18.5 Å². The van der Waals surface area contributed by atoms with E-state index < -0.39 is 28.5 Å². The second-order valence-corrected chi connectivity index (χ2v) is 12.2. The molecule has 10 heteroatoms. The zero-order valence-corrected chi connectivity index (χ0v) is 23.2. The van der Waals surface area contributed by atoms with Gasteiger partial charge >= 0.3 is 0 Å². The quantitative estimate of drug-likeness (QED) is 0.452. The molecule has 2 aromatic rings. The van der Waals surface area contributed by atoms with Gasteiger partial charge in [-0.3, -0.25) is 13.9 Å². The number of benzene rings is 2. The molecule has 2 amide bonds. The summed E-state index contributed by atoms with van der Waals surface area (Å²) in [6.07, 6.45) is 5.09. The Kier molecular flexibility index (Phi) is 9.17. The lowest BCUT2D eigenvalue weighted by atomic mass is 10.1. The largest absolute Gasteiger partial charge is 0.352 e. The molecule has 1 aliphatic rings. The van der Waals surface area contributed by atoms with Crippen molar-refractivity contribution in [3.63, 3.8) is 0 Å². The van der Waals surface area contributed by atoms with Crippen LogP contribution in [-0.2, 0) is 26.2 Å². The first kappa shape index (κ1) is 26.7. The number of hydrogen-bond donors (Lipinski definition) is 1. The summed E-state index contributed by atoms with van der Waals surface area (Å²) < 4.78 is 27.8. The van der Waals surface area contributed by atoms with Gasteiger partial charge in [0.05, 0.1) is 11.9 Å². The van der Waals surface area contributed by atoms with Gasteiger partial charge in [0.25, 0.3) is 0 Å². The summed E-state index contributed by atoms with van der Waals surface area (Å²) in [7, 11) is -3.76. The fourth-order valence-corrected chi connectivity index (χ4v) is 5.75. The van der Waals surface area contributed by atoms with Crippen molar-refractivity contribution in [2.75, 3.05) is 17.1 Å². The maximum atomic E-state index is 13.6. The van der Waals surface area contributed by atoms with Gasteiger partial charge in [-0.05, 0) is 65.5 Å². The van der Waals surface area contributed by atoms with Crippen molar-refractivity contribution < 1.29 is 18.0 Å². The summed E-state index contributed by atoms with van der Waals surface area (Å²) in [6, 6.07) is 13.6. The molecule has 3 rings (SSSR count). The molecule has 2 aromatic carbocycles. The van der Waals surface area contributed by atoms with Crippen molar-refractivity contribution in [2.45, 2.75) is 51.2 Å². The number of rotatable bonds is 9. The summed E-state index contributed by atoms with van der Waals surface area (Å²) in [4.78, 5) is 28.0. The zero-order valence-electron chi connectivity index (χ0n) is 19.2. The molecular weight excluding hydrogens is 586 g/mol. The first-order valence-corrected chi connectivity index (χ1v) is 14.6. The number of nitrogens with one attached hydrogen (secondary N) is 1. The Balaban J connectivity index is 1.88. The molecule has 0 bridgehead atoms.